The molecule has 46 heavy (non-hydrogen) atoms. The van der Waals surface area contributed by atoms with Gasteiger partial charge in [0.2, 0.25) is 12.8 Å². The van der Waals surface area contributed by atoms with Crippen LogP contribution < -0.4 is 10.6 Å². The summed E-state index contributed by atoms with van der Waals surface area (Å²) in [6.45, 7) is 1.07. The second-order valence-electron chi connectivity index (χ2n) is 7.53. The minimum atomic E-state index is -0.430. The Labute approximate surface area is 305 Å². The average molecular weight is 807 g/mol. The van der Waals surface area contributed by atoms with Gasteiger partial charge in [0, 0.05) is 57.5 Å². The number of rotatable bonds is 35. The number of alkyl carbamates (subject to hydrolysis) is 2. The molecule has 0 aliphatic carbocycles. The number of nitrogens with one attached hydrogen (secondary N) is 2. The van der Waals surface area contributed by atoms with Gasteiger partial charge in [0.1, 0.15) is 25.1 Å². The topological polar surface area (TPSA) is 179 Å². The molecular weight excluding hydrogens is 761 g/mol. The third kappa shape index (κ3) is 40.3. The minimum absolute atomic E-state index is 0.129. The zero-order valence-corrected chi connectivity index (χ0v) is 32.1. The Kier molecular flexibility index (Phi) is 41.4. The lowest BCUT2D eigenvalue weighted by Gasteiger charge is -2.06. The smallest absolute Gasteiger partial charge is 0.408 e. The van der Waals surface area contributed by atoms with E-state index in [1.165, 1.54) is 36.3 Å². The van der Waals surface area contributed by atoms with E-state index in [9.17, 15) is 9.59 Å². The molecule has 4 N–H and O–H groups in total. The molecule has 0 atom stereocenters. The Morgan fingerprint density at radius 2 is 1.04 bits per heavy atom. The molecule has 14 nitrogen and oxygen atoms in total. The third-order valence-corrected chi connectivity index (χ3v) is 11.6. The van der Waals surface area contributed by atoms with Crippen LogP contribution in [0.25, 0.3) is 0 Å². The number of aliphatic hydroxyl groups is 2. The molecule has 0 aromatic heterocycles. The molecular formula is C24H46N4O10S8. The Morgan fingerprint density at radius 3 is 1.65 bits per heavy atom. The summed E-state index contributed by atoms with van der Waals surface area (Å²) >= 11 is 12.7. The van der Waals surface area contributed by atoms with Crippen LogP contribution in [0, 0.1) is 0 Å². The molecule has 22 heteroatoms. The van der Waals surface area contributed by atoms with Gasteiger partial charge >= 0.3 is 12.2 Å². The molecule has 0 bridgehead atoms. The van der Waals surface area contributed by atoms with Crippen molar-refractivity contribution in [2.45, 2.75) is 0 Å². The number of carbonyl (C=O) groups excluding carboxylic acids is 2. The predicted octanol–water partition coefficient (Wildman–Crippen LogP) is 3.99. The molecule has 0 aliphatic heterocycles. The summed E-state index contributed by atoms with van der Waals surface area (Å²) in [5, 5.41) is 22.7. The Hall–Kier alpha value is 0.120. The highest BCUT2D eigenvalue weighted by Crippen LogP contribution is 2.09. The molecule has 0 aromatic carbocycles. The second kappa shape index (κ2) is 41.3. The van der Waals surface area contributed by atoms with Crippen molar-refractivity contribution in [3.8, 4) is 0 Å². The van der Waals surface area contributed by atoms with Gasteiger partial charge in [-0.15, -0.1) is 70.6 Å². The number of amides is 2. The molecule has 0 spiro atoms. The molecule has 0 aliphatic rings. The van der Waals surface area contributed by atoms with Gasteiger partial charge < -0.3 is 40.1 Å². The standard InChI is InChI=1S/C24H46N4O10S8/c29-1-5-39-7-3-33-23(31)27-19-43-11-9-42-18-26-16-37-38-22-46-14-13-45-21-34-24(32)28-20-44-12-10-41-17-25-15-36-35-4-8-40-6-2-30/h15-16,29-30H,1-14,17-22H2,(H,27,31)(H,28,32)/b25-15+,26-16+. The number of thioether (sulfide) groups is 8. The SMILES string of the molecule is O=C(NCSCCSC/N=C/OOCSCCSCOC(=O)NCSCCSC/N=C/OOCCSCCO)OCCSCCO. The summed E-state index contributed by atoms with van der Waals surface area (Å²) in [5.74, 6) is 10.6. The van der Waals surface area contributed by atoms with Crippen LogP contribution in [0.15, 0.2) is 9.98 Å². The number of hydrogen-bond acceptors (Lipinski definition) is 20. The van der Waals surface area contributed by atoms with Gasteiger partial charge in [0.25, 0.3) is 0 Å². The first kappa shape index (κ1) is 46.1. The minimum Gasteiger partial charge on any atom is -0.449 e. The van der Waals surface area contributed by atoms with E-state index >= 15 is 0 Å². The molecule has 270 valence electrons. The van der Waals surface area contributed by atoms with Crippen molar-refractivity contribution in [1.82, 2.24) is 10.6 Å². The normalized spacial score (nSPS) is 11.3. The van der Waals surface area contributed by atoms with E-state index in [-0.39, 0.29) is 19.2 Å². The van der Waals surface area contributed by atoms with E-state index in [1.54, 1.807) is 70.6 Å². The molecule has 0 saturated carbocycles. The molecule has 0 heterocycles. The van der Waals surface area contributed by atoms with E-state index in [2.05, 4.69) is 20.6 Å². The van der Waals surface area contributed by atoms with Gasteiger partial charge in [-0.25, -0.2) is 19.6 Å². The first-order valence-electron chi connectivity index (χ1n) is 13.9. The number of hydrogen-bond donors (Lipinski definition) is 4. The van der Waals surface area contributed by atoms with Crippen LogP contribution in [0.2, 0.25) is 0 Å². The Bertz CT molecular complexity index is 742. The molecule has 0 radical (unpaired) electrons. The summed E-state index contributed by atoms with van der Waals surface area (Å²) in [6, 6.07) is 0. The quantitative estimate of drug-likeness (QED) is 0.0180. The summed E-state index contributed by atoms with van der Waals surface area (Å²) in [4.78, 5) is 51.0. The van der Waals surface area contributed by atoms with Crippen LogP contribution in [-0.4, -0.2) is 155 Å². The average Bonchev–Trinajstić information content (AvgIpc) is 3.05. The van der Waals surface area contributed by atoms with Gasteiger partial charge in [0.15, 0.2) is 0 Å². The maximum Gasteiger partial charge on any atom is 0.408 e. The van der Waals surface area contributed by atoms with Crippen molar-refractivity contribution in [2.24, 2.45) is 9.98 Å². The van der Waals surface area contributed by atoms with E-state index in [0.29, 0.717) is 59.9 Å². The van der Waals surface area contributed by atoms with E-state index in [1.807, 2.05) is 0 Å². The first-order chi connectivity index (χ1) is 22.7. The predicted molar refractivity (Wildman–Crippen MR) is 203 cm³/mol. The van der Waals surface area contributed by atoms with Crippen molar-refractivity contribution >= 4 is 119 Å². The summed E-state index contributed by atoms with van der Waals surface area (Å²) in [7, 11) is 0. The number of carbonyl (C=O) groups is 2. The van der Waals surface area contributed by atoms with Crippen molar-refractivity contribution in [3.05, 3.63) is 0 Å². The van der Waals surface area contributed by atoms with Gasteiger partial charge in [-0.05, 0) is 0 Å². The fourth-order valence-electron chi connectivity index (χ4n) is 2.18. The van der Waals surface area contributed by atoms with Crippen molar-refractivity contribution in [1.29, 1.82) is 0 Å². The molecule has 0 fully saturated rings. The fourth-order valence-corrected chi connectivity index (χ4v) is 7.93. The monoisotopic (exact) mass is 806 g/mol. The zero-order chi connectivity index (χ0) is 33.4. The van der Waals surface area contributed by atoms with Crippen LogP contribution in [0.1, 0.15) is 0 Å². The highest BCUT2D eigenvalue weighted by Gasteiger charge is 2.02. The number of nitrogens with zero attached hydrogens (tertiary/aromatic N) is 2. The maximum atomic E-state index is 11.7. The van der Waals surface area contributed by atoms with Gasteiger partial charge in [0.05, 0.1) is 36.7 Å². The van der Waals surface area contributed by atoms with Crippen molar-refractivity contribution in [2.75, 3.05) is 119 Å². The van der Waals surface area contributed by atoms with Gasteiger partial charge in [-0.3, -0.25) is 0 Å². The largest absolute Gasteiger partial charge is 0.449 e. The lowest BCUT2D eigenvalue weighted by atomic mass is 10.8. The summed E-state index contributed by atoms with van der Waals surface area (Å²) in [5.41, 5.74) is 0. The van der Waals surface area contributed by atoms with E-state index in [4.69, 9.17) is 39.2 Å². The Balaban J connectivity index is 3.27. The third-order valence-electron chi connectivity index (χ3n) is 4.10. The van der Waals surface area contributed by atoms with Crippen LogP contribution in [0.5, 0.6) is 0 Å². The zero-order valence-electron chi connectivity index (χ0n) is 25.6. The molecule has 0 rings (SSSR count). The second-order valence-corrected chi connectivity index (χ2v) is 16.4. The highest BCUT2D eigenvalue weighted by molar-refractivity contribution is 8.03. The van der Waals surface area contributed by atoms with E-state index in [0.717, 1.165) is 40.3 Å². The number of aliphatic hydroxyl groups excluding tert-OH is 2. The van der Waals surface area contributed by atoms with Crippen LogP contribution in [0.4, 0.5) is 9.59 Å². The molecule has 2 amide bonds. The fraction of sp³-hybridized carbons (Fsp3) is 0.833. The molecule has 0 unspecified atom stereocenters. The van der Waals surface area contributed by atoms with Gasteiger partial charge in [-0.2, -0.15) is 33.3 Å². The molecule has 0 saturated heterocycles. The lowest BCUT2D eigenvalue weighted by molar-refractivity contribution is -0.210. The van der Waals surface area contributed by atoms with Crippen LogP contribution >= 0.6 is 94.1 Å². The van der Waals surface area contributed by atoms with Crippen molar-refractivity contribution in [3.63, 3.8) is 0 Å². The van der Waals surface area contributed by atoms with Crippen LogP contribution in [0.3, 0.4) is 0 Å². The number of aliphatic imine (C=N–C) groups is 2. The maximum absolute atomic E-state index is 11.7. The number of ether oxygens (including phenoxy) is 2. The Morgan fingerprint density at radius 1 is 0.543 bits per heavy atom. The lowest BCUT2D eigenvalue weighted by Crippen LogP contribution is -2.25. The summed E-state index contributed by atoms with van der Waals surface area (Å²) in [6.07, 6.45) is 1.71. The van der Waals surface area contributed by atoms with Crippen molar-refractivity contribution < 1.29 is 48.8 Å². The first-order valence-corrected chi connectivity index (χ1v) is 23.1. The molecule has 0 aromatic rings. The summed E-state index contributed by atoms with van der Waals surface area (Å²) < 4.78 is 10.2. The highest BCUT2D eigenvalue weighted by atomic mass is 32.2. The van der Waals surface area contributed by atoms with Gasteiger partial charge in [-0.1, -0.05) is 0 Å². The van der Waals surface area contributed by atoms with Crippen LogP contribution in [-0.2, 0) is 29.0 Å². The van der Waals surface area contributed by atoms with E-state index < -0.39 is 12.2 Å².